The molecule has 0 aliphatic carbocycles. The Morgan fingerprint density at radius 1 is 1.23 bits per heavy atom. The first kappa shape index (κ1) is 20.1. The number of benzene rings is 2. The fourth-order valence-electron chi connectivity index (χ4n) is 3.15. The average molecular weight is 423 g/mol. The fraction of sp³-hybridized carbons (Fsp3) is 0.227. The van der Waals surface area contributed by atoms with Crippen LogP contribution < -0.4 is 15.0 Å². The molecule has 0 atom stereocenters. The van der Waals surface area contributed by atoms with E-state index in [1.807, 2.05) is 53.9 Å². The number of ether oxygens (including phenoxy) is 2. The summed E-state index contributed by atoms with van der Waals surface area (Å²) < 4.78 is 10.5. The van der Waals surface area contributed by atoms with E-state index in [1.165, 1.54) is 4.90 Å². The Balaban J connectivity index is 1.58. The molecule has 7 nitrogen and oxygen atoms in total. The van der Waals surface area contributed by atoms with Gasteiger partial charge in [-0.05, 0) is 18.2 Å². The standard InChI is InChI=1S/C22H21N3O4S/c1-28-10-9-23-20(26)12-25-18-11-16(7-8-19(18)29-13-21(25)27)17-14-30-22(24-17)15-5-3-2-4-6-15/h2-8,11,14H,9-10,12-13H2,1H3,(H,23,26). The SMILES string of the molecule is COCCNC(=O)CN1C(=O)COc2ccc(-c3csc(-c4ccccc4)n3)cc21. The zero-order valence-corrected chi connectivity index (χ0v) is 17.3. The summed E-state index contributed by atoms with van der Waals surface area (Å²) in [6, 6.07) is 15.5. The van der Waals surface area contributed by atoms with E-state index in [4.69, 9.17) is 14.5 Å². The van der Waals surface area contributed by atoms with Crippen LogP contribution in [0.25, 0.3) is 21.8 Å². The third-order valence-corrected chi connectivity index (χ3v) is 5.54. The molecule has 1 N–H and O–H groups in total. The van der Waals surface area contributed by atoms with Crippen LogP contribution in [0.4, 0.5) is 5.69 Å². The number of amides is 2. The van der Waals surface area contributed by atoms with E-state index >= 15 is 0 Å². The van der Waals surface area contributed by atoms with E-state index in [-0.39, 0.29) is 25.0 Å². The van der Waals surface area contributed by atoms with Gasteiger partial charge in [0.2, 0.25) is 5.91 Å². The number of fused-ring (bicyclic) bond motifs is 1. The number of thiazole rings is 1. The average Bonchev–Trinajstić information content (AvgIpc) is 3.27. The lowest BCUT2D eigenvalue weighted by atomic mass is 10.1. The van der Waals surface area contributed by atoms with Crippen LogP contribution in [0, 0.1) is 0 Å². The van der Waals surface area contributed by atoms with Crippen molar-refractivity contribution >= 4 is 28.8 Å². The van der Waals surface area contributed by atoms with Crippen molar-refractivity contribution in [2.24, 2.45) is 0 Å². The van der Waals surface area contributed by atoms with E-state index in [9.17, 15) is 9.59 Å². The van der Waals surface area contributed by atoms with Crippen molar-refractivity contribution < 1.29 is 19.1 Å². The maximum absolute atomic E-state index is 12.4. The molecule has 154 valence electrons. The molecule has 4 rings (SSSR count). The molecule has 0 saturated heterocycles. The highest BCUT2D eigenvalue weighted by molar-refractivity contribution is 7.13. The van der Waals surface area contributed by atoms with Gasteiger partial charge in [0.05, 0.1) is 18.0 Å². The molecule has 1 aromatic heterocycles. The van der Waals surface area contributed by atoms with Crippen molar-refractivity contribution in [3.8, 4) is 27.6 Å². The van der Waals surface area contributed by atoms with Gasteiger partial charge in [0, 0.05) is 30.2 Å². The van der Waals surface area contributed by atoms with Crippen molar-refractivity contribution in [3.63, 3.8) is 0 Å². The largest absolute Gasteiger partial charge is 0.482 e. The Labute approximate surface area is 178 Å². The third-order valence-electron chi connectivity index (χ3n) is 4.65. The van der Waals surface area contributed by atoms with Crippen molar-refractivity contribution in [2.45, 2.75) is 0 Å². The Hall–Kier alpha value is -3.23. The number of hydrogen-bond donors (Lipinski definition) is 1. The molecule has 8 heteroatoms. The van der Waals surface area contributed by atoms with E-state index in [2.05, 4.69) is 5.32 Å². The summed E-state index contributed by atoms with van der Waals surface area (Å²) in [5.74, 6) is 0.0602. The smallest absolute Gasteiger partial charge is 0.265 e. The number of nitrogens with zero attached hydrogens (tertiary/aromatic N) is 2. The summed E-state index contributed by atoms with van der Waals surface area (Å²) in [5, 5.41) is 5.65. The minimum Gasteiger partial charge on any atom is -0.482 e. The molecule has 0 saturated carbocycles. The van der Waals surface area contributed by atoms with Crippen LogP contribution in [0.15, 0.2) is 53.9 Å². The summed E-state index contributed by atoms with van der Waals surface area (Å²) >= 11 is 1.56. The van der Waals surface area contributed by atoms with E-state index < -0.39 is 0 Å². The van der Waals surface area contributed by atoms with Gasteiger partial charge in [-0.1, -0.05) is 30.3 Å². The topological polar surface area (TPSA) is 80.8 Å². The van der Waals surface area contributed by atoms with Crippen molar-refractivity contribution in [2.75, 3.05) is 38.3 Å². The molecule has 1 aliphatic rings. The minimum absolute atomic E-state index is 0.0747. The number of rotatable bonds is 7. The second kappa shape index (κ2) is 9.06. The molecular weight excluding hydrogens is 402 g/mol. The lowest BCUT2D eigenvalue weighted by Crippen LogP contribution is -2.45. The van der Waals surface area contributed by atoms with Crippen molar-refractivity contribution in [1.82, 2.24) is 10.3 Å². The van der Waals surface area contributed by atoms with Crippen molar-refractivity contribution in [3.05, 3.63) is 53.9 Å². The number of aromatic nitrogens is 1. The van der Waals surface area contributed by atoms with Gasteiger partial charge in [0.15, 0.2) is 6.61 Å². The van der Waals surface area contributed by atoms with Gasteiger partial charge < -0.3 is 14.8 Å². The van der Waals surface area contributed by atoms with Crippen LogP contribution in [-0.2, 0) is 14.3 Å². The molecule has 2 amide bonds. The lowest BCUT2D eigenvalue weighted by Gasteiger charge is -2.29. The quantitative estimate of drug-likeness (QED) is 0.591. The zero-order valence-electron chi connectivity index (χ0n) is 16.5. The molecule has 0 bridgehead atoms. The molecule has 2 heterocycles. The molecule has 3 aromatic rings. The van der Waals surface area contributed by atoms with Crippen LogP contribution >= 0.6 is 11.3 Å². The number of hydrogen-bond acceptors (Lipinski definition) is 6. The summed E-state index contributed by atoms with van der Waals surface area (Å²) in [5.41, 5.74) is 3.29. The second-order valence-electron chi connectivity index (χ2n) is 6.70. The molecule has 0 radical (unpaired) electrons. The monoisotopic (exact) mass is 423 g/mol. The summed E-state index contributed by atoms with van der Waals surface area (Å²) in [6.45, 7) is 0.639. The van der Waals surface area contributed by atoms with Gasteiger partial charge in [-0.25, -0.2) is 4.98 Å². The van der Waals surface area contributed by atoms with Gasteiger partial charge in [-0.2, -0.15) is 0 Å². The predicted octanol–water partition coefficient (Wildman–Crippen LogP) is 2.97. The molecule has 0 unspecified atom stereocenters. The highest BCUT2D eigenvalue weighted by Gasteiger charge is 2.28. The van der Waals surface area contributed by atoms with Gasteiger partial charge in [0.1, 0.15) is 17.3 Å². The summed E-state index contributed by atoms with van der Waals surface area (Å²) in [6.07, 6.45) is 0. The highest BCUT2D eigenvalue weighted by Crippen LogP contribution is 2.37. The van der Waals surface area contributed by atoms with Crippen LogP contribution in [0.3, 0.4) is 0 Å². The molecule has 0 spiro atoms. The van der Waals surface area contributed by atoms with Crippen LogP contribution in [0.2, 0.25) is 0 Å². The van der Waals surface area contributed by atoms with E-state index in [1.54, 1.807) is 18.4 Å². The Kier molecular flexibility index (Phi) is 6.06. The maximum atomic E-state index is 12.4. The van der Waals surface area contributed by atoms with Gasteiger partial charge in [-0.3, -0.25) is 14.5 Å². The number of carbonyl (C=O) groups is 2. The van der Waals surface area contributed by atoms with Gasteiger partial charge >= 0.3 is 0 Å². The first-order chi connectivity index (χ1) is 14.7. The number of anilines is 1. The zero-order chi connectivity index (χ0) is 20.9. The van der Waals surface area contributed by atoms with Crippen molar-refractivity contribution in [1.29, 1.82) is 0 Å². The normalized spacial score (nSPS) is 13.0. The van der Waals surface area contributed by atoms with E-state index in [0.717, 1.165) is 21.8 Å². The van der Waals surface area contributed by atoms with E-state index in [0.29, 0.717) is 24.6 Å². The lowest BCUT2D eigenvalue weighted by molar-refractivity contribution is -0.125. The third kappa shape index (κ3) is 4.34. The fourth-order valence-corrected chi connectivity index (χ4v) is 3.98. The summed E-state index contributed by atoms with van der Waals surface area (Å²) in [7, 11) is 1.57. The predicted molar refractivity (Wildman–Crippen MR) is 116 cm³/mol. The van der Waals surface area contributed by atoms with Crippen LogP contribution in [0.5, 0.6) is 5.75 Å². The van der Waals surface area contributed by atoms with Gasteiger partial charge in [0.25, 0.3) is 5.91 Å². The second-order valence-corrected chi connectivity index (χ2v) is 7.56. The Morgan fingerprint density at radius 3 is 2.87 bits per heavy atom. The van der Waals surface area contributed by atoms with Gasteiger partial charge in [-0.15, -0.1) is 11.3 Å². The Bertz CT molecular complexity index is 1050. The Morgan fingerprint density at radius 2 is 2.07 bits per heavy atom. The molecule has 2 aromatic carbocycles. The molecular formula is C22H21N3O4S. The summed E-state index contributed by atoms with van der Waals surface area (Å²) in [4.78, 5) is 30.9. The first-order valence-electron chi connectivity index (χ1n) is 9.50. The number of carbonyl (C=O) groups excluding carboxylic acids is 2. The maximum Gasteiger partial charge on any atom is 0.265 e. The van der Waals surface area contributed by atoms with Crippen LogP contribution in [-0.4, -0.2) is 50.2 Å². The number of nitrogens with one attached hydrogen (secondary N) is 1. The molecule has 0 fully saturated rings. The molecule has 1 aliphatic heterocycles. The molecule has 30 heavy (non-hydrogen) atoms. The van der Waals surface area contributed by atoms with Crippen LogP contribution in [0.1, 0.15) is 0 Å². The highest BCUT2D eigenvalue weighted by atomic mass is 32.1. The first-order valence-corrected chi connectivity index (χ1v) is 10.4. The minimum atomic E-state index is -0.259. The number of methoxy groups -OCH3 is 1.